The number of likely N-dealkylation sites (tertiary alicyclic amines) is 1. The van der Waals surface area contributed by atoms with Gasteiger partial charge in [0.2, 0.25) is 5.91 Å². The van der Waals surface area contributed by atoms with Crippen LogP contribution in [0.25, 0.3) is 11.1 Å². The second kappa shape index (κ2) is 9.91. The van der Waals surface area contributed by atoms with Crippen molar-refractivity contribution in [3.05, 3.63) is 83.2 Å². The van der Waals surface area contributed by atoms with Gasteiger partial charge in [-0.2, -0.15) is 0 Å². The molecule has 3 aromatic rings. The fourth-order valence-corrected chi connectivity index (χ4v) is 3.71. The largest absolute Gasteiger partial charge is 0.376 e. The maximum absolute atomic E-state index is 12.5. The van der Waals surface area contributed by atoms with Gasteiger partial charge >= 0.3 is 0 Å². The number of anilines is 2. The Morgan fingerprint density at radius 1 is 1.22 bits per heavy atom. The molecule has 0 saturated carbocycles. The number of carbonyl (C=O) groups is 1. The van der Waals surface area contributed by atoms with Crippen LogP contribution in [0.5, 0.6) is 0 Å². The van der Waals surface area contributed by atoms with Crippen LogP contribution in [0.1, 0.15) is 12.1 Å². The molecule has 1 fully saturated rings. The summed E-state index contributed by atoms with van der Waals surface area (Å²) >= 11 is 0. The van der Waals surface area contributed by atoms with Gasteiger partial charge in [-0.3, -0.25) is 14.6 Å². The predicted octanol–water partition coefficient (Wildman–Crippen LogP) is 2.69. The van der Waals surface area contributed by atoms with Crippen molar-refractivity contribution in [2.45, 2.75) is 18.9 Å². The van der Waals surface area contributed by atoms with E-state index in [1.165, 1.54) is 0 Å². The van der Waals surface area contributed by atoms with Crippen molar-refractivity contribution in [2.24, 2.45) is 0 Å². The molecule has 1 atom stereocenters. The first-order chi connectivity index (χ1) is 15.6. The number of nitrogens with one attached hydrogen (secondary N) is 3. The number of pyridine rings is 3. The van der Waals surface area contributed by atoms with Gasteiger partial charge in [0.05, 0.1) is 0 Å². The Morgan fingerprint density at radius 2 is 2.12 bits per heavy atom. The van der Waals surface area contributed by atoms with Gasteiger partial charge in [-0.05, 0) is 48.4 Å². The van der Waals surface area contributed by atoms with E-state index in [-0.39, 0.29) is 17.5 Å². The first-order valence-corrected chi connectivity index (χ1v) is 10.6. The van der Waals surface area contributed by atoms with E-state index < -0.39 is 0 Å². The highest BCUT2D eigenvalue weighted by atomic mass is 16.2. The molecular weight excluding hydrogens is 404 g/mol. The standard InChI is InChI=1S/C24H26N6O2/c1-25-22-14-17(8-11-27-22)18-13-21(24(32)28-15-18)29-20-9-12-30(16-20)23(31)7-4-6-19-5-2-3-10-26-19/h2-5,7-8,10-11,13-15,20,29H,6,9,12,16H2,1H3,(H,25,27)(H,28,32)/b7-4+. The molecule has 164 valence electrons. The van der Waals surface area contributed by atoms with E-state index in [0.717, 1.165) is 29.1 Å². The minimum atomic E-state index is -0.184. The number of amides is 1. The fourth-order valence-electron chi connectivity index (χ4n) is 3.71. The van der Waals surface area contributed by atoms with Crippen LogP contribution in [0.15, 0.2) is 71.9 Å². The lowest BCUT2D eigenvalue weighted by molar-refractivity contribution is -0.125. The Morgan fingerprint density at radius 3 is 2.94 bits per heavy atom. The van der Waals surface area contributed by atoms with E-state index >= 15 is 0 Å². The smallest absolute Gasteiger partial charge is 0.271 e. The van der Waals surface area contributed by atoms with Crippen molar-refractivity contribution in [2.75, 3.05) is 30.8 Å². The lowest BCUT2D eigenvalue weighted by atomic mass is 10.1. The number of rotatable bonds is 7. The zero-order valence-electron chi connectivity index (χ0n) is 17.9. The monoisotopic (exact) mass is 430 g/mol. The maximum Gasteiger partial charge on any atom is 0.271 e. The highest BCUT2D eigenvalue weighted by Crippen LogP contribution is 2.23. The number of nitrogens with zero attached hydrogens (tertiary/aromatic N) is 3. The summed E-state index contributed by atoms with van der Waals surface area (Å²) in [5, 5.41) is 6.33. The summed E-state index contributed by atoms with van der Waals surface area (Å²) in [6, 6.07) is 11.4. The van der Waals surface area contributed by atoms with Crippen molar-refractivity contribution in [3.8, 4) is 11.1 Å². The normalized spacial score (nSPS) is 15.8. The minimum Gasteiger partial charge on any atom is -0.376 e. The Kier molecular flexibility index (Phi) is 6.60. The summed E-state index contributed by atoms with van der Waals surface area (Å²) < 4.78 is 0. The van der Waals surface area contributed by atoms with Gasteiger partial charge in [0.1, 0.15) is 11.5 Å². The highest BCUT2D eigenvalue weighted by molar-refractivity contribution is 5.88. The lowest BCUT2D eigenvalue weighted by Crippen LogP contribution is -2.31. The molecule has 8 nitrogen and oxygen atoms in total. The predicted molar refractivity (Wildman–Crippen MR) is 126 cm³/mol. The Labute approximate surface area is 186 Å². The van der Waals surface area contributed by atoms with Crippen LogP contribution >= 0.6 is 0 Å². The van der Waals surface area contributed by atoms with E-state index in [0.29, 0.717) is 25.2 Å². The summed E-state index contributed by atoms with van der Waals surface area (Å²) in [7, 11) is 1.81. The zero-order chi connectivity index (χ0) is 22.3. The van der Waals surface area contributed by atoms with E-state index in [9.17, 15) is 9.59 Å². The topological polar surface area (TPSA) is 103 Å². The van der Waals surface area contributed by atoms with E-state index in [2.05, 4.69) is 25.6 Å². The molecule has 0 spiro atoms. The molecule has 4 heterocycles. The summed E-state index contributed by atoms with van der Waals surface area (Å²) in [6.07, 6.45) is 10.0. The fraction of sp³-hybridized carbons (Fsp3) is 0.250. The van der Waals surface area contributed by atoms with Crippen molar-refractivity contribution in [1.29, 1.82) is 0 Å². The zero-order valence-corrected chi connectivity index (χ0v) is 17.9. The van der Waals surface area contributed by atoms with Gasteiger partial charge in [-0.15, -0.1) is 0 Å². The second-order valence-corrected chi connectivity index (χ2v) is 7.65. The molecule has 0 bridgehead atoms. The quantitative estimate of drug-likeness (QED) is 0.498. The Balaban J connectivity index is 1.38. The van der Waals surface area contributed by atoms with E-state index in [1.54, 1.807) is 29.6 Å². The molecule has 4 rings (SSSR count). The number of H-pyrrole nitrogens is 1. The molecule has 3 aromatic heterocycles. The van der Waals surface area contributed by atoms with Crippen LogP contribution in [0.4, 0.5) is 11.5 Å². The molecule has 3 N–H and O–H groups in total. The van der Waals surface area contributed by atoms with Crippen LogP contribution in [0.3, 0.4) is 0 Å². The lowest BCUT2D eigenvalue weighted by Gasteiger charge is -2.16. The van der Waals surface area contributed by atoms with Crippen LogP contribution < -0.4 is 16.2 Å². The average molecular weight is 431 g/mol. The van der Waals surface area contributed by atoms with Crippen LogP contribution in [0, 0.1) is 0 Å². The van der Waals surface area contributed by atoms with E-state index in [1.807, 2.05) is 49.5 Å². The molecule has 8 heteroatoms. The number of aromatic amines is 1. The number of hydrogen-bond acceptors (Lipinski definition) is 6. The third kappa shape index (κ3) is 5.21. The summed E-state index contributed by atoms with van der Waals surface area (Å²) in [4.78, 5) is 38.0. The highest BCUT2D eigenvalue weighted by Gasteiger charge is 2.25. The molecule has 1 amide bonds. The summed E-state index contributed by atoms with van der Waals surface area (Å²) in [5.41, 5.74) is 3.07. The number of hydrogen-bond donors (Lipinski definition) is 3. The molecule has 1 aliphatic heterocycles. The Bertz CT molecular complexity index is 1160. The first-order valence-electron chi connectivity index (χ1n) is 10.6. The van der Waals surface area contributed by atoms with Crippen LogP contribution in [-0.2, 0) is 11.2 Å². The van der Waals surface area contributed by atoms with Crippen molar-refractivity contribution in [3.63, 3.8) is 0 Å². The maximum atomic E-state index is 12.5. The molecule has 0 aliphatic carbocycles. The summed E-state index contributed by atoms with van der Waals surface area (Å²) in [5.74, 6) is 0.730. The SMILES string of the molecule is CNc1cc(-c2c[nH]c(=O)c(NC3CCN(C(=O)/C=C/Cc4ccccn4)C3)c2)ccn1. The van der Waals surface area contributed by atoms with Gasteiger partial charge in [-0.1, -0.05) is 12.1 Å². The minimum absolute atomic E-state index is 0.0183. The van der Waals surface area contributed by atoms with Crippen molar-refractivity contribution in [1.82, 2.24) is 19.9 Å². The number of aromatic nitrogens is 3. The van der Waals surface area contributed by atoms with Crippen LogP contribution in [-0.4, -0.2) is 51.9 Å². The van der Waals surface area contributed by atoms with Gasteiger partial charge in [0.15, 0.2) is 0 Å². The summed E-state index contributed by atoms with van der Waals surface area (Å²) in [6.45, 7) is 1.20. The number of carbonyl (C=O) groups excluding carboxylic acids is 1. The molecule has 0 radical (unpaired) electrons. The first kappa shape index (κ1) is 21.3. The average Bonchev–Trinajstić information content (AvgIpc) is 3.30. The van der Waals surface area contributed by atoms with Gasteiger partial charge < -0.3 is 20.5 Å². The molecular formula is C24H26N6O2. The molecule has 32 heavy (non-hydrogen) atoms. The van der Waals surface area contributed by atoms with Gasteiger partial charge in [0.25, 0.3) is 5.56 Å². The Hall–Kier alpha value is -3.94. The van der Waals surface area contributed by atoms with Gasteiger partial charge in [0, 0.05) is 62.4 Å². The molecule has 1 saturated heterocycles. The molecule has 1 aliphatic rings. The molecule has 0 aromatic carbocycles. The van der Waals surface area contributed by atoms with Crippen LogP contribution in [0.2, 0.25) is 0 Å². The third-order valence-corrected chi connectivity index (χ3v) is 5.43. The van der Waals surface area contributed by atoms with E-state index in [4.69, 9.17) is 0 Å². The van der Waals surface area contributed by atoms with Crippen molar-refractivity contribution < 1.29 is 4.79 Å². The third-order valence-electron chi connectivity index (χ3n) is 5.43. The van der Waals surface area contributed by atoms with Crippen molar-refractivity contribution >= 4 is 17.4 Å². The number of allylic oxidation sites excluding steroid dienone is 1. The molecule has 1 unspecified atom stereocenters. The van der Waals surface area contributed by atoms with Gasteiger partial charge in [-0.25, -0.2) is 4.98 Å². The second-order valence-electron chi connectivity index (χ2n) is 7.65.